The lowest BCUT2D eigenvalue weighted by atomic mass is 9.76. The Balaban J connectivity index is 2.19. The monoisotopic (exact) mass is 214 g/mol. The number of rotatable bonds is 2. The fourth-order valence-electron chi connectivity index (χ4n) is 1.68. The third-order valence-electron chi connectivity index (χ3n) is 2.64. The van der Waals surface area contributed by atoms with Crippen LogP contribution in [0.4, 0.5) is 4.79 Å². The minimum absolute atomic E-state index is 0.224. The average Bonchev–Trinajstić information content (AvgIpc) is 1.91. The van der Waals surface area contributed by atoms with Crippen LogP contribution in [-0.4, -0.2) is 23.8 Å². The lowest BCUT2D eigenvalue weighted by Gasteiger charge is -2.38. The standard InChI is InChI=1S/C11H22N2O2/c1-7(12)8-5-9(6-8)13-10(14)15-11(2,3)4/h7-9H,5-6,12H2,1-4H3,(H,13,14)/t7-,8?,9?/m0/s1. The van der Waals surface area contributed by atoms with Gasteiger partial charge in [0.25, 0.3) is 0 Å². The van der Waals surface area contributed by atoms with Crippen LogP contribution in [0.3, 0.4) is 0 Å². The number of carbonyl (C=O) groups is 1. The molecule has 3 N–H and O–H groups in total. The molecule has 0 unspecified atom stereocenters. The van der Waals surface area contributed by atoms with Crippen LogP contribution in [0.1, 0.15) is 40.5 Å². The molecule has 0 saturated heterocycles. The Morgan fingerprint density at radius 1 is 1.47 bits per heavy atom. The molecule has 1 amide bonds. The van der Waals surface area contributed by atoms with Crippen LogP contribution in [0.5, 0.6) is 0 Å². The maximum Gasteiger partial charge on any atom is 0.407 e. The van der Waals surface area contributed by atoms with Crippen molar-refractivity contribution in [3.05, 3.63) is 0 Å². The van der Waals surface area contributed by atoms with Gasteiger partial charge in [-0.25, -0.2) is 4.79 Å². The Morgan fingerprint density at radius 3 is 2.40 bits per heavy atom. The number of ether oxygens (including phenoxy) is 1. The molecule has 1 rings (SSSR count). The van der Waals surface area contributed by atoms with E-state index >= 15 is 0 Å². The Bertz CT molecular complexity index is 227. The molecule has 1 saturated carbocycles. The molecule has 0 radical (unpaired) electrons. The lowest BCUT2D eigenvalue weighted by Crippen LogP contribution is -2.50. The van der Waals surface area contributed by atoms with Crippen molar-refractivity contribution < 1.29 is 9.53 Å². The summed E-state index contributed by atoms with van der Waals surface area (Å²) < 4.78 is 5.16. The summed E-state index contributed by atoms with van der Waals surface area (Å²) >= 11 is 0. The van der Waals surface area contributed by atoms with E-state index in [1.54, 1.807) is 0 Å². The van der Waals surface area contributed by atoms with E-state index in [1.807, 2.05) is 27.7 Å². The van der Waals surface area contributed by atoms with Gasteiger partial charge < -0.3 is 15.8 Å². The largest absolute Gasteiger partial charge is 0.444 e. The number of hydrogen-bond donors (Lipinski definition) is 2. The van der Waals surface area contributed by atoms with E-state index < -0.39 is 5.60 Å². The third kappa shape index (κ3) is 4.08. The molecule has 1 aliphatic rings. The summed E-state index contributed by atoms with van der Waals surface area (Å²) in [7, 11) is 0. The van der Waals surface area contributed by atoms with Gasteiger partial charge in [0.05, 0.1) is 0 Å². The Labute approximate surface area is 91.5 Å². The van der Waals surface area contributed by atoms with Crippen LogP contribution in [0.2, 0.25) is 0 Å². The van der Waals surface area contributed by atoms with E-state index in [0.717, 1.165) is 12.8 Å². The molecule has 0 aromatic carbocycles. The Kier molecular flexibility index (Phi) is 3.60. The number of nitrogens with two attached hydrogens (primary N) is 1. The molecule has 1 atom stereocenters. The molecule has 88 valence electrons. The van der Waals surface area contributed by atoms with Crippen molar-refractivity contribution in [3.63, 3.8) is 0 Å². The van der Waals surface area contributed by atoms with Gasteiger partial charge >= 0.3 is 6.09 Å². The van der Waals surface area contributed by atoms with Gasteiger partial charge in [-0.2, -0.15) is 0 Å². The molecule has 0 aromatic heterocycles. The quantitative estimate of drug-likeness (QED) is 0.734. The number of alkyl carbamates (subject to hydrolysis) is 1. The minimum atomic E-state index is -0.422. The molecule has 0 spiro atoms. The summed E-state index contributed by atoms with van der Waals surface area (Å²) in [5.74, 6) is 0.546. The zero-order valence-electron chi connectivity index (χ0n) is 10.0. The number of hydrogen-bond acceptors (Lipinski definition) is 3. The highest BCUT2D eigenvalue weighted by Gasteiger charge is 2.33. The number of nitrogens with one attached hydrogen (secondary N) is 1. The highest BCUT2D eigenvalue weighted by Crippen LogP contribution is 2.29. The predicted molar refractivity (Wildman–Crippen MR) is 59.5 cm³/mol. The van der Waals surface area contributed by atoms with Crippen molar-refractivity contribution in [1.82, 2.24) is 5.32 Å². The highest BCUT2D eigenvalue weighted by atomic mass is 16.6. The average molecular weight is 214 g/mol. The van der Waals surface area contributed by atoms with Crippen molar-refractivity contribution in [2.45, 2.75) is 58.2 Å². The first-order valence-electron chi connectivity index (χ1n) is 5.53. The smallest absolute Gasteiger partial charge is 0.407 e. The van der Waals surface area contributed by atoms with E-state index in [0.29, 0.717) is 5.92 Å². The summed E-state index contributed by atoms with van der Waals surface area (Å²) in [5.41, 5.74) is 5.33. The van der Waals surface area contributed by atoms with Crippen molar-refractivity contribution >= 4 is 6.09 Å². The van der Waals surface area contributed by atoms with Crippen molar-refractivity contribution in [2.24, 2.45) is 11.7 Å². The molecule has 4 nitrogen and oxygen atoms in total. The second-order valence-corrected chi connectivity index (χ2v) is 5.43. The molecular weight excluding hydrogens is 192 g/mol. The molecule has 0 heterocycles. The number of amides is 1. The molecular formula is C11H22N2O2. The molecule has 4 heteroatoms. The highest BCUT2D eigenvalue weighted by molar-refractivity contribution is 5.68. The second-order valence-electron chi connectivity index (χ2n) is 5.43. The van der Waals surface area contributed by atoms with Gasteiger partial charge in [-0.1, -0.05) is 0 Å². The maximum atomic E-state index is 11.4. The van der Waals surface area contributed by atoms with Gasteiger partial charge in [-0.05, 0) is 46.5 Å². The van der Waals surface area contributed by atoms with Crippen LogP contribution in [0.15, 0.2) is 0 Å². The van der Waals surface area contributed by atoms with Crippen LogP contribution in [0, 0.1) is 5.92 Å². The number of carbonyl (C=O) groups excluding carboxylic acids is 1. The summed E-state index contributed by atoms with van der Waals surface area (Å²) in [5, 5.41) is 2.84. The second kappa shape index (κ2) is 4.39. The molecule has 0 bridgehead atoms. The van der Waals surface area contributed by atoms with Gasteiger partial charge in [0, 0.05) is 12.1 Å². The topological polar surface area (TPSA) is 64.3 Å². The van der Waals surface area contributed by atoms with E-state index in [-0.39, 0.29) is 18.2 Å². The predicted octanol–water partition coefficient (Wildman–Crippen LogP) is 1.64. The van der Waals surface area contributed by atoms with Crippen LogP contribution >= 0.6 is 0 Å². The molecule has 0 aliphatic heterocycles. The zero-order chi connectivity index (χ0) is 11.6. The van der Waals surface area contributed by atoms with Crippen molar-refractivity contribution in [1.29, 1.82) is 0 Å². The van der Waals surface area contributed by atoms with Crippen molar-refractivity contribution in [3.8, 4) is 0 Å². The Hall–Kier alpha value is -0.770. The van der Waals surface area contributed by atoms with Gasteiger partial charge in [0.1, 0.15) is 5.60 Å². The normalized spacial score (nSPS) is 27.8. The van der Waals surface area contributed by atoms with Crippen molar-refractivity contribution in [2.75, 3.05) is 0 Å². The van der Waals surface area contributed by atoms with E-state index in [1.165, 1.54) is 0 Å². The fraction of sp³-hybridized carbons (Fsp3) is 0.909. The van der Waals surface area contributed by atoms with Crippen LogP contribution in [0.25, 0.3) is 0 Å². The van der Waals surface area contributed by atoms with Crippen LogP contribution < -0.4 is 11.1 Å². The summed E-state index contributed by atoms with van der Waals surface area (Å²) in [6.07, 6.45) is 1.61. The third-order valence-corrected chi connectivity index (χ3v) is 2.64. The molecule has 1 aliphatic carbocycles. The van der Waals surface area contributed by atoms with Gasteiger partial charge in [-0.15, -0.1) is 0 Å². The SMILES string of the molecule is C[C@H](N)C1CC(NC(=O)OC(C)(C)C)C1. The van der Waals surface area contributed by atoms with E-state index in [9.17, 15) is 4.79 Å². The summed E-state index contributed by atoms with van der Waals surface area (Å²) in [6, 6.07) is 0.470. The zero-order valence-corrected chi connectivity index (χ0v) is 10.0. The van der Waals surface area contributed by atoms with Gasteiger partial charge in [0.2, 0.25) is 0 Å². The summed E-state index contributed by atoms with van der Waals surface area (Å²) in [4.78, 5) is 11.4. The first-order chi connectivity index (χ1) is 6.78. The summed E-state index contributed by atoms with van der Waals surface area (Å²) in [6.45, 7) is 7.59. The first kappa shape index (κ1) is 12.3. The maximum absolute atomic E-state index is 11.4. The Morgan fingerprint density at radius 2 is 2.00 bits per heavy atom. The lowest BCUT2D eigenvalue weighted by molar-refractivity contribution is 0.0444. The van der Waals surface area contributed by atoms with Crippen LogP contribution in [-0.2, 0) is 4.74 Å². The minimum Gasteiger partial charge on any atom is -0.444 e. The van der Waals surface area contributed by atoms with E-state index in [4.69, 9.17) is 10.5 Å². The van der Waals surface area contributed by atoms with Gasteiger partial charge in [-0.3, -0.25) is 0 Å². The van der Waals surface area contributed by atoms with Gasteiger partial charge in [0.15, 0.2) is 0 Å². The molecule has 15 heavy (non-hydrogen) atoms. The first-order valence-corrected chi connectivity index (χ1v) is 5.53. The fourth-order valence-corrected chi connectivity index (χ4v) is 1.68. The molecule has 1 fully saturated rings. The molecule has 0 aromatic rings. The van der Waals surface area contributed by atoms with E-state index in [2.05, 4.69) is 5.32 Å².